The number of allylic oxidation sites excluding steroid dienone is 28. The summed E-state index contributed by atoms with van der Waals surface area (Å²) in [5.41, 5.74) is 0. The van der Waals surface area contributed by atoms with E-state index in [4.69, 9.17) is 18.9 Å². The Balaban J connectivity index is 4.53. The van der Waals surface area contributed by atoms with Gasteiger partial charge in [0.05, 0.1) is 40.3 Å². The van der Waals surface area contributed by atoms with Crippen molar-refractivity contribution in [3.8, 4) is 0 Å². The molecule has 0 radical (unpaired) electrons. The predicted molar refractivity (Wildman–Crippen MR) is 305 cm³/mol. The minimum Gasteiger partial charge on any atom is -0.545 e. The topological polar surface area (TPSA) is 111 Å². The first-order valence-corrected chi connectivity index (χ1v) is 27.3. The highest BCUT2D eigenvalue weighted by Gasteiger charge is 2.21. The molecule has 2 atom stereocenters. The smallest absolute Gasteiger partial charge is 0.306 e. The molecular formula is C64H97NO8. The number of ether oxygens (including phenoxy) is 4. The van der Waals surface area contributed by atoms with Gasteiger partial charge in [0.1, 0.15) is 13.2 Å². The van der Waals surface area contributed by atoms with Gasteiger partial charge in [0, 0.05) is 12.8 Å². The Morgan fingerprint density at radius 3 is 1.11 bits per heavy atom. The largest absolute Gasteiger partial charge is 0.545 e. The zero-order chi connectivity index (χ0) is 53.4. The van der Waals surface area contributed by atoms with Crippen molar-refractivity contribution in [1.82, 2.24) is 0 Å². The van der Waals surface area contributed by atoms with Crippen molar-refractivity contribution in [2.24, 2.45) is 0 Å². The first-order valence-electron chi connectivity index (χ1n) is 27.3. The number of carboxylic acid groups (broad SMARTS) is 1. The van der Waals surface area contributed by atoms with Gasteiger partial charge >= 0.3 is 11.9 Å². The van der Waals surface area contributed by atoms with Gasteiger partial charge in [0.15, 0.2) is 12.4 Å². The van der Waals surface area contributed by atoms with Crippen molar-refractivity contribution < 1.29 is 42.9 Å². The van der Waals surface area contributed by atoms with E-state index in [0.29, 0.717) is 23.9 Å². The maximum Gasteiger partial charge on any atom is 0.306 e. The van der Waals surface area contributed by atoms with Crippen molar-refractivity contribution in [2.75, 3.05) is 47.5 Å². The molecule has 0 aromatic carbocycles. The summed E-state index contributed by atoms with van der Waals surface area (Å²) in [5.74, 6) is -2.44. The first kappa shape index (κ1) is 67.6. The highest BCUT2D eigenvalue weighted by Crippen LogP contribution is 2.10. The lowest BCUT2D eigenvalue weighted by Crippen LogP contribution is -2.44. The van der Waals surface area contributed by atoms with E-state index in [1.165, 1.54) is 0 Å². The van der Waals surface area contributed by atoms with Crippen molar-refractivity contribution in [3.63, 3.8) is 0 Å². The summed E-state index contributed by atoms with van der Waals surface area (Å²) in [5, 5.41) is 11.8. The van der Waals surface area contributed by atoms with Crippen LogP contribution in [0.5, 0.6) is 0 Å². The molecule has 0 aliphatic rings. The summed E-state index contributed by atoms with van der Waals surface area (Å²) in [6, 6.07) is 0. The summed E-state index contributed by atoms with van der Waals surface area (Å²) in [4.78, 5) is 37.2. The van der Waals surface area contributed by atoms with Gasteiger partial charge in [0.2, 0.25) is 0 Å². The fourth-order valence-corrected chi connectivity index (χ4v) is 6.33. The van der Waals surface area contributed by atoms with Crippen LogP contribution >= 0.6 is 0 Å². The van der Waals surface area contributed by atoms with Crippen molar-refractivity contribution in [2.45, 2.75) is 167 Å². The number of quaternary nitrogens is 1. The molecule has 406 valence electrons. The fourth-order valence-electron chi connectivity index (χ4n) is 6.33. The number of carbonyl (C=O) groups excluding carboxylic acids is 3. The van der Waals surface area contributed by atoms with E-state index in [1.54, 1.807) is 0 Å². The van der Waals surface area contributed by atoms with Gasteiger partial charge in [-0.15, -0.1) is 0 Å². The highest BCUT2D eigenvalue weighted by molar-refractivity contribution is 5.70. The lowest BCUT2D eigenvalue weighted by atomic mass is 10.1. The molecule has 9 heteroatoms. The zero-order valence-corrected chi connectivity index (χ0v) is 45.9. The van der Waals surface area contributed by atoms with E-state index in [9.17, 15) is 19.5 Å². The normalized spacial score (nSPS) is 14.2. The van der Waals surface area contributed by atoms with E-state index < -0.39 is 30.3 Å². The summed E-state index contributed by atoms with van der Waals surface area (Å²) in [6.45, 7) is 4.37. The Bertz CT molecular complexity index is 1790. The maximum absolute atomic E-state index is 12.8. The van der Waals surface area contributed by atoms with Crippen LogP contribution in [0.1, 0.15) is 155 Å². The molecule has 0 aromatic heterocycles. The second-order valence-electron chi connectivity index (χ2n) is 18.4. The number of nitrogens with zero attached hydrogens (tertiary/aromatic N) is 1. The number of carbonyl (C=O) groups is 3. The van der Waals surface area contributed by atoms with E-state index >= 15 is 0 Å². The summed E-state index contributed by atoms with van der Waals surface area (Å²) in [7, 11) is 5.87. The molecule has 0 saturated carbocycles. The van der Waals surface area contributed by atoms with Crippen LogP contribution in [0, 0.1) is 0 Å². The van der Waals surface area contributed by atoms with Crippen LogP contribution in [0.15, 0.2) is 170 Å². The summed E-state index contributed by atoms with van der Waals surface area (Å²) in [6.07, 6.45) is 76.9. The molecule has 0 N–H and O–H groups in total. The van der Waals surface area contributed by atoms with Crippen LogP contribution < -0.4 is 5.11 Å². The number of hydrogen-bond acceptors (Lipinski definition) is 8. The third-order valence-corrected chi connectivity index (χ3v) is 10.5. The van der Waals surface area contributed by atoms with Crippen LogP contribution in [0.4, 0.5) is 0 Å². The van der Waals surface area contributed by atoms with Crippen molar-refractivity contribution in [3.05, 3.63) is 170 Å². The van der Waals surface area contributed by atoms with E-state index in [0.717, 1.165) is 116 Å². The zero-order valence-electron chi connectivity index (χ0n) is 45.9. The van der Waals surface area contributed by atoms with Gasteiger partial charge in [0.25, 0.3) is 0 Å². The Labute approximate surface area is 444 Å². The van der Waals surface area contributed by atoms with Crippen LogP contribution in [-0.2, 0) is 33.3 Å². The third kappa shape index (κ3) is 54.3. The molecule has 0 aromatic rings. The number of likely N-dealkylation sites (N-methyl/N-ethyl adjacent to an activating group) is 1. The molecular weight excluding hydrogens is 911 g/mol. The SMILES string of the molecule is CC/C=C\C/C=C\C/C=C\C/C=C\C/C=C\C/C=C\C/C=C\CCCCCC(=O)OC(COC(=O)CCC/C=C\C/C=C\C/C=C\C/C=C\C/C=C\C/C=C\C/C=C\CC)COC(OCC[N+](C)(C)C)C(=O)[O-]. The molecule has 0 aliphatic heterocycles. The van der Waals surface area contributed by atoms with Crippen LogP contribution in [0.3, 0.4) is 0 Å². The average molecular weight is 1010 g/mol. The van der Waals surface area contributed by atoms with Crippen molar-refractivity contribution in [1.29, 1.82) is 0 Å². The molecule has 0 fully saturated rings. The number of rotatable bonds is 47. The number of hydrogen-bond donors (Lipinski definition) is 0. The lowest BCUT2D eigenvalue weighted by molar-refractivity contribution is -0.870. The maximum atomic E-state index is 12.8. The third-order valence-electron chi connectivity index (χ3n) is 10.5. The van der Waals surface area contributed by atoms with Gasteiger partial charge in [-0.25, -0.2) is 0 Å². The molecule has 0 aliphatic carbocycles. The monoisotopic (exact) mass is 1010 g/mol. The quantitative estimate of drug-likeness (QED) is 0.0195. The number of carboxylic acids is 1. The van der Waals surface area contributed by atoms with Crippen LogP contribution in [-0.4, -0.2) is 82.3 Å². The molecule has 0 bridgehead atoms. The molecule has 9 nitrogen and oxygen atoms in total. The molecule has 0 rings (SSSR count). The van der Waals surface area contributed by atoms with Crippen LogP contribution in [0.2, 0.25) is 0 Å². The molecule has 0 spiro atoms. The van der Waals surface area contributed by atoms with Gasteiger partial charge in [-0.1, -0.05) is 190 Å². The van der Waals surface area contributed by atoms with Crippen molar-refractivity contribution >= 4 is 17.9 Å². The molecule has 2 unspecified atom stereocenters. The average Bonchev–Trinajstić information content (AvgIpc) is 3.36. The standard InChI is InChI=1S/C64H97NO8/c1-6-8-10-12-14-16-18-20-22-24-26-28-30-31-33-35-37-39-41-43-45-47-49-51-53-55-62(67)73-60(59-72-64(63(68)69)70-57-56-65(3,4)5)58-71-61(66)54-52-50-48-46-44-42-40-38-36-34-32-29-27-25-23-21-19-17-15-13-11-9-7-2/h8-11,14-17,20-23,26-29,31,33-34,36-37,39-40,42-43,45-46,48,60,64H,6-7,12-13,18-19,24-25,30,32,35,38,41,44,47,49-59H2,1-5H3/b10-8-,11-9-,16-14-,17-15-,22-20-,23-21-,28-26-,29-27-,33-31-,36-34-,39-37-,42-40-,45-43-,48-46-. The molecule has 0 amide bonds. The predicted octanol–water partition coefficient (Wildman–Crippen LogP) is 14.7. The van der Waals surface area contributed by atoms with E-state index in [1.807, 2.05) is 21.1 Å². The Morgan fingerprint density at radius 2 is 0.753 bits per heavy atom. The lowest BCUT2D eigenvalue weighted by Gasteiger charge is -2.26. The molecule has 0 heterocycles. The van der Waals surface area contributed by atoms with Gasteiger partial charge in [-0.3, -0.25) is 9.59 Å². The minimum absolute atomic E-state index is 0.120. The van der Waals surface area contributed by atoms with Gasteiger partial charge in [-0.2, -0.15) is 0 Å². The van der Waals surface area contributed by atoms with E-state index in [-0.39, 0.29) is 32.7 Å². The number of aliphatic carboxylic acids is 1. The fraction of sp³-hybridized carbons (Fsp3) is 0.516. The Kier molecular flexibility index (Phi) is 49.1. The van der Waals surface area contributed by atoms with Crippen LogP contribution in [0.25, 0.3) is 0 Å². The highest BCUT2D eigenvalue weighted by atomic mass is 16.7. The minimum atomic E-state index is -1.66. The first-order chi connectivity index (χ1) is 35.6. The molecule has 0 saturated heterocycles. The number of unbranched alkanes of at least 4 members (excludes halogenated alkanes) is 4. The second-order valence-corrected chi connectivity index (χ2v) is 18.4. The molecule has 73 heavy (non-hydrogen) atoms. The summed E-state index contributed by atoms with van der Waals surface area (Å²) >= 11 is 0. The van der Waals surface area contributed by atoms with Gasteiger partial charge in [-0.05, 0) is 122 Å². The Hall–Kier alpha value is -5.35. The Morgan fingerprint density at radius 1 is 0.411 bits per heavy atom. The van der Waals surface area contributed by atoms with Gasteiger partial charge < -0.3 is 33.3 Å². The number of esters is 2. The second kappa shape index (κ2) is 53.0. The summed E-state index contributed by atoms with van der Waals surface area (Å²) < 4.78 is 22.5. The van der Waals surface area contributed by atoms with E-state index in [2.05, 4.69) is 184 Å².